The van der Waals surface area contributed by atoms with Gasteiger partial charge in [-0.25, -0.2) is 8.42 Å². The molecule has 4 aliphatic carbocycles. The fraction of sp³-hybridized carbons (Fsp3) is 0.885. The zero-order chi connectivity index (χ0) is 26.6. The molecule has 0 saturated heterocycles. The minimum Gasteiger partial charge on any atom is -0.726 e. The van der Waals surface area contributed by atoms with Gasteiger partial charge in [0.25, 0.3) is 0 Å². The molecule has 204 valence electrons. The normalized spacial score (nSPS) is 43.1. The van der Waals surface area contributed by atoms with Crippen LogP contribution in [0.2, 0.25) is 0 Å². The number of ketones is 1. The average molecular weight is 527 g/mol. The molecule has 4 aliphatic rings. The third-order valence-corrected chi connectivity index (χ3v) is 11.1. The van der Waals surface area contributed by atoms with Crippen molar-refractivity contribution < 1.29 is 41.4 Å². The summed E-state index contributed by atoms with van der Waals surface area (Å²) < 4.78 is 46.1. The lowest BCUT2D eigenvalue weighted by molar-refractivity contribution is -0.306. The number of rotatable bonds is 7. The van der Waals surface area contributed by atoms with Gasteiger partial charge < -0.3 is 19.2 Å². The summed E-state index contributed by atoms with van der Waals surface area (Å²) in [7, 11) is -4.97. The van der Waals surface area contributed by atoms with E-state index in [1.54, 1.807) is 0 Å². The van der Waals surface area contributed by atoms with Gasteiger partial charge >= 0.3 is 5.97 Å². The van der Waals surface area contributed by atoms with Crippen molar-refractivity contribution in [1.29, 1.82) is 0 Å². The van der Waals surface area contributed by atoms with Crippen LogP contribution in [0.3, 0.4) is 0 Å². The molecule has 0 heterocycles. The number of Topliss-reactive ketones (excluding diaryl/α,β-unsaturated/α-hetero) is 1. The Morgan fingerprint density at radius 1 is 1.14 bits per heavy atom. The molecule has 0 aromatic rings. The topological polar surface area (TPSA) is 150 Å². The first-order chi connectivity index (χ1) is 16.7. The largest absolute Gasteiger partial charge is 0.726 e. The van der Waals surface area contributed by atoms with E-state index in [9.17, 15) is 32.5 Å². The van der Waals surface area contributed by atoms with Gasteiger partial charge in [-0.05, 0) is 92.3 Å². The van der Waals surface area contributed by atoms with Gasteiger partial charge in [0, 0.05) is 24.7 Å². The second-order valence-corrected chi connectivity index (χ2v) is 13.3. The Hall–Kier alpha value is -1.52. The lowest BCUT2D eigenvalue weighted by Crippen LogP contribution is -2.62. The van der Waals surface area contributed by atoms with Crippen LogP contribution in [0.15, 0.2) is 0 Å². The van der Waals surface area contributed by atoms with Gasteiger partial charge in [-0.3, -0.25) is 13.8 Å². The lowest BCUT2D eigenvalue weighted by atomic mass is 9.43. The first kappa shape index (κ1) is 27.5. The van der Waals surface area contributed by atoms with Gasteiger partial charge in [-0.1, -0.05) is 20.8 Å². The van der Waals surface area contributed by atoms with Crippen molar-refractivity contribution >= 4 is 28.1 Å². The number of carbonyl (C=O) groups excluding carboxylic acids is 3. The Bertz CT molecular complexity index is 1010. The van der Waals surface area contributed by atoms with Gasteiger partial charge in [0.05, 0.1) is 6.10 Å². The van der Waals surface area contributed by atoms with Crippen molar-refractivity contribution in [3.63, 3.8) is 0 Å². The van der Waals surface area contributed by atoms with E-state index >= 15 is 0 Å². The SMILES string of the molecule is CC(=O)O[C@@H]1CC[C@@]2(C)[C@@H](C1)C[C@@H](OS(=O)(=O)[O-])[C@@H]1[C@@H]2CC(=O)[C@]2(C)[C@@H]([C@H](C)CCC(=O)[O-])CC[C@@H]12. The number of esters is 1. The summed E-state index contributed by atoms with van der Waals surface area (Å²) in [5.41, 5.74) is -0.984. The maximum atomic E-state index is 13.9. The summed E-state index contributed by atoms with van der Waals surface area (Å²) in [4.78, 5) is 36.5. The highest BCUT2D eigenvalue weighted by atomic mass is 32.3. The predicted octanol–water partition coefficient (Wildman–Crippen LogP) is 2.38. The first-order valence-corrected chi connectivity index (χ1v) is 14.5. The smallest absolute Gasteiger partial charge is 0.302 e. The summed E-state index contributed by atoms with van der Waals surface area (Å²) in [5.74, 6) is -1.94. The molecule has 0 spiro atoms. The van der Waals surface area contributed by atoms with Crippen molar-refractivity contribution in [3.05, 3.63) is 0 Å². The molecule has 4 fully saturated rings. The number of carboxylic acids is 1. The van der Waals surface area contributed by atoms with Crippen molar-refractivity contribution in [1.82, 2.24) is 0 Å². The number of fused-ring (bicyclic) bond motifs is 5. The second kappa shape index (κ2) is 9.66. The van der Waals surface area contributed by atoms with Crippen LogP contribution in [-0.4, -0.2) is 42.9 Å². The molecular weight excluding hydrogens is 488 g/mol. The predicted molar refractivity (Wildman–Crippen MR) is 125 cm³/mol. The number of ether oxygens (including phenoxy) is 1. The summed E-state index contributed by atoms with van der Waals surface area (Å²) in [5, 5.41) is 11.1. The maximum absolute atomic E-state index is 13.9. The van der Waals surface area contributed by atoms with Crippen molar-refractivity contribution in [2.24, 2.45) is 46.3 Å². The van der Waals surface area contributed by atoms with Crippen LogP contribution in [-0.2, 0) is 33.7 Å². The monoisotopic (exact) mass is 526 g/mol. The lowest BCUT2D eigenvalue weighted by Gasteiger charge is -2.62. The van der Waals surface area contributed by atoms with E-state index in [1.807, 2.05) is 13.8 Å². The second-order valence-electron chi connectivity index (χ2n) is 12.3. The quantitative estimate of drug-likeness (QED) is 0.277. The van der Waals surface area contributed by atoms with Crippen LogP contribution in [0.25, 0.3) is 0 Å². The highest BCUT2D eigenvalue weighted by Gasteiger charge is 2.66. The third kappa shape index (κ3) is 4.85. The molecule has 9 nitrogen and oxygen atoms in total. The standard InChI is InChI=1S/C26H40O9S/c1-14(5-8-23(29)30)18-6-7-19-24-20(13-22(28)26(18,19)4)25(3)10-9-17(34-15(2)27)11-16(25)12-21(24)35-36(31,32)33/h14,16-21,24H,5-13H2,1-4H3,(H,29,30)(H,31,32,33)/p-2/t14-,16+,17-,18-,19+,20+,21-,24+,25+,26-/m1/s1. The van der Waals surface area contributed by atoms with Gasteiger partial charge in [0.15, 0.2) is 0 Å². The van der Waals surface area contributed by atoms with E-state index in [1.165, 1.54) is 6.92 Å². The molecule has 36 heavy (non-hydrogen) atoms. The van der Waals surface area contributed by atoms with E-state index in [0.717, 1.165) is 12.8 Å². The number of hydrogen-bond acceptors (Lipinski definition) is 9. The maximum Gasteiger partial charge on any atom is 0.302 e. The fourth-order valence-electron chi connectivity index (χ4n) is 8.96. The molecule has 10 atom stereocenters. The molecule has 4 saturated carbocycles. The Morgan fingerprint density at radius 3 is 2.44 bits per heavy atom. The zero-order valence-electron chi connectivity index (χ0n) is 21.6. The van der Waals surface area contributed by atoms with Crippen LogP contribution < -0.4 is 5.11 Å². The van der Waals surface area contributed by atoms with Gasteiger partial charge in [0.2, 0.25) is 10.4 Å². The molecule has 0 aromatic heterocycles. The minimum absolute atomic E-state index is 0.00731. The van der Waals surface area contributed by atoms with Crippen LogP contribution in [0.1, 0.15) is 85.5 Å². The summed E-state index contributed by atoms with van der Waals surface area (Å²) in [6, 6.07) is 0. The van der Waals surface area contributed by atoms with E-state index < -0.39 is 27.9 Å². The van der Waals surface area contributed by atoms with Gasteiger partial charge in [-0.15, -0.1) is 0 Å². The average Bonchev–Trinajstić information content (AvgIpc) is 3.11. The number of carbonyl (C=O) groups is 3. The summed E-state index contributed by atoms with van der Waals surface area (Å²) in [6.07, 6.45) is 3.33. The Kier molecular flexibility index (Phi) is 7.38. The van der Waals surface area contributed by atoms with Crippen molar-refractivity contribution in [3.8, 4) is 0 Å². The Morgan fingerprint density at radius 2 is 1.83 bits per heavy atom. The summed E-state index contributed by atoms with van der Waals surface area (Å²) >= 11 is 0. The van der Waals surface area contributed by atoms with E-state index in [0.29, 0.717) is 32.1 Å². The molecule has 0 N–H and O–H groups in total. The molecule has 0 aromatic carbocycles. The molecular formula is C26H38O9S-2. The Labute approximate surface area is 213 Å². The first-order valence-electron chi connectivity index (χ1n) is 13.2. The molecule has 0 aliphatic heterocycles. The molecule has 10 heteroatoms. The third-order valence-electron chi connectivity index (χ3n) is 10.6. The van der Waals surface area contributed by atoms with E-state index in [4.69, 9.17) is 8.92 Å². The minimum atomic E-state index is -4.97. The van der Waals surface area contributed by atoms with Crippen molar-refractivity contribution in [2.75, 3.05) is 0 Å². The van der Waals surface area contributed by atoms with Crippen LogP contribution >= 0.6 is 0 Å². The molecule has 0 radical (unpaired) electrons. The number of carboxylic acid groups (broad SMARTS) is 1. The molecule has 0 bridgehead atoms. The number of hydrogen-bond donors (Lipinski definition) is 0. The zero-order valence-corrected chi connectivity index (χ0v) is 22.4. The molecule has 0 amide bonds. The highest BCUT2D eigenvalue weighted by molar-refractivity contribution is 7.80. The van der Waals surface area contributed by atoms with Crippen LogP contribution in [0, 0.1) is 46.3 Å². The number of aliphatic carboxylic acids is 1. The molecule has 0 unspecified atom stereocenters. The highest BCUT2D eigenvalue weighted by Crippen LogP contribution is 2.68. The van der Waals surface area contributed by atoms with Crippen LogP contribution in [0.4, 0.5) is 0 Å². The fourth-order valence-corrected chi connectivity index (χ4v) is 9.47. The van der Waals surface area contributed by atoms with Gasteiger partial charge in [0.1, 0.15) is 11.9 Å². The van der Waals surface area contributed by atoms with E-state index in [2.05, 4.69) is 6.92 Å². The van der Waals surface area contributed by atoms with Gasteiger partial charge in [-0.2, -0.15) is 0 Å². The van der Waals surface area contributed by atoms with Crippen LogP contribution in [0.5, 0.6) is 0 Å². The summed E-state index contributed by atoms with van der Waals surface area (Å²) in [6.45, 7) is 7.46. The molecule has 4 rings (SSSR count). The Balaban J connectivity index is 1.67. The van der Waals surface area contributed by atoms with E-state index in [-0.39, 0.29) is 71.6 Å². The van der Waals surface area contributed by atoms with Crippen molar-refractivity contribution in [2.45, 2.75) is 97.7 Å².